The zero-order valence-electron chi connectivity index (χ0n) is 20.3. The number of carbonyl (C=O) groups excluding carboxylic acids is 3. The molecule has 3 amide bonds. The molecule has 1 unspecified atom stereocenters. The molecule has 2 aliphatic rings. The first-order valence-corrected chi connectivity index (χ1v) is 12.1. The van der Waals surface area contributed by atoms with E-state index in [0.717, 1.165) is 25.7 Å². The molecular weight excluding hydrogens is 424 g/mol. The number of aryl methyl sites for hydroxylation is 1. The number of amides is 3. The Hall–Kier alpha value is -2.62. The lowest BCUT2D eigenvalue weighted by molar-refractivity contribution is -0.140. The third-order valence-electron chi connectivity index (χ3n) is 6.76. The summed E-state index contributed by atoms with van der Waals surface area (Å²) in [5.41, 5.74) is 0.464. The van der Waals surface area contributed by atoms with Gasteiger partial charge in [0.15, 0.2) is 0 Å². The third kappa shape index (κ3) is 6.04. The van der Waals surface area contributed by atoms with Crippen LogP contribution in [0.4, 0.5) is 0 Å². The molecule has 3 rings (SSSR count). The van der Waals surface area contributed by atoms with Crippen molar-refractivity contribution in [1.82, 2.24) is 30.2 Å². The topological polar surface area (TPSA) is 109 Å². The number of hydrogen-bond acceptors (Lipinski definition) is 6. The molecule has 0 aromatic carbocycles. The fourth-order valence-electron chi connectivity index (χ4n) is 4.61. The van der Waals surface area contributed by atoms with E-state index in [1.807, 2.05) is 6.92 Å². The van der Waals surface area contributed by atoms with Crippen LogP contribution in [0.15, 0.2) is 6.07 Å². The van der Waals surface area contributed by atoms with Crippen LogP contribution in [0.1, 0.15) is 56.4 Å². The van der Waals surface area contributed by atoms with Crippen molar-refractivity contribution in [3.63, 3.8) is 0 Å². The van der Waals surface area contributed by atoms with Crippen molar-refractivity contribution in [3.05, 3.63) is 11.8 Å². The highest BCUT2D eigenvalue weighted by Crippen LogP contribution is 2.28. The molecule has 1 aliphatic heterocycles. The summed E-state index contributed by atoms with van der Waals surface area (Å²) in [4.78, 5) is 42.6. The van der Waals surface area contributed by atoms with Crippen LogP contribution in [-0.2, 0) is 16.6 Å². The Bertz CT molecular complexity index is 827. The summed E-state index contributed by atoms with van der Waals surface area (Å²) in [5.74, 6) is 0.272. The quantitative estimate of drug-likeness (QED) is 0.591. The van der Waals surface area contributed by atoms with E-state index in [-0.39, 0.29) is 29.7 Å². The van der Waals surface area contributed by atoms with Gasteiger partial charge >= 0.3 is 0 Å². The molecule has 2 fully saturated rings. The van der Waals surface area contributed by atoms with Crippen molar-refractivity contribution in [2.75, 3.05) is 39.8 Å². The number of ether oxygens (including phenoxy) is 1. The Morgan fingerprint density at radius 3 is 2.36 bits per heavy atom. The van der Waals surface area contributed by atoms with Gasteiger partial charge in [0, 0.05) is 39.3 Å². The van der Waals surface area contributed by atoms with Crippen molar-refractivity contribution in [3.8, 4) is 5.88 Å². The molecule has 0 spiro atoms. The molecule has 33 heavy (non-hydrogen) atoms. The first kappa shape index (κ1) is 25.0. The largest absolute Gasteiger partial charge is 0.477 e. The number of nitrogens with zero attached hydrogens (tertiary/aromatic N) is 4. The summed E-state index contributed by atoms with van der Waals surface area (Å²) in [6, 6.07) is 0.779. The average molecular weight is 463 g/mol. The maximum absolute atomic E-state index is 13.5. The van der Waals surface area contributed by atoms with Crippen LogP contribution in [0.2, 0.25) is 0 Å². The van der Waals surface area contributed by atoms with Gasteiger partial charge in [0.2, 0.25) is 17.7 Å². The first-order chi connectivity index (χ1) is 15.8. The van der Waals surface area contributed by atoms with Crippen LogP contribution >= 0.6 is 0 Å². The Morgan fingerprint density at radius 1 is 1.12 bits per heavy atom. The van der Waals surface area contributed by atoms with Crippen LogP contribution in [0.5, 0.6) is 5.88 Å². The summed E-state index contributed by atoms with van der Waals surface area (Å²) in [6.07, 6.45) is 5.25. The minimum Gasteiger partial charge on any atom is -0.477 e. The number of aromatic nitrogens is 2. The van der Waals surface area contributed by atoms with Crippen LogP contribution in [0.3, 0.4) is 0 Å². The SMILES string of the molecule is CCOc1cc(C(=O)N2CCN(C(=O)[C@@H](NC(=O)C(C)NC)C3CCCCC3)CC2)n(C)n1. The predicted octanol–water partition coefficient (Wildman–Crippen LogP) is 0.776. The predicted molar refractivity (Wildman–Crippen MR) is 124 cm³/mol. The van der Waals surface area contributed by atoms with Gasteiger partial charge in [-0.15, -0.1) is 5.10 Å². The summed E-state index contributed by atoms with van der Waals surface area (Å²) in [7, 11) is 3.45. The van der Waals surface area contributed by atoms with E-state index in [1.54, 1.807) is 36.9 Å². The number of carbonyl (C=O) groups is 3. The Kier molecular flexibility index (Phi) is 8.71. The highest BCUT2D eigenvalue weighted by molar-refractivity contribution is 5.93. The third-order valence-corrected chi connectivity index (χ3v) is 6.76. The van der Waals surface area contributed by atoms with Crippen molar-refractivity contribution in [2.24, 2.45) is 13.0 Å². The average Bonchev–Trinajstić information content (AvgIpc) is 3.21. The monoisotopic (exact) mass is 462 g/mol. The molecule has 10 heteroatoms. The molecule has 10 nitrogen and oxygen atoms in total. The molecule has 2 atom stereocenters. The molecule has 0 bridgehead atoms. The fraction of sp³-hybridized carbons (Fsp3) is 0.739. The molecule has 1 aromatic rings. The highest BCUT2D eigenvalue weighted by Gasteiger charge is 2.36. The normalized spacial score (nSPS) is 19.2. The molecule has 2 heterocycles. The van der Waals surface area contributed by atoms with Crippen LogP contribution < -0.4 is 15.4 Å². The van der Waals surface area contributed by atoms with Gasteiger partial charge < -0.3 is 25.2 Å². The minimum atomic E-state index is -0.512. The van der Waals surface area contributed by atoms with Crippen LogP contribution in [0, 0.1) is 5.92 Å². The molecule has 1 aliphatic carbocycles. The summed E-state index contributed by atoms with van der Waals surface area (Å²) in [5, 5.41) is 10.2. The van der Waals surface area contributed by atoms with Gasteiger partial charge in [-0.2, -0.15) is 0 Å². The second-order valence-electron chi connectivity index (χ2n) is 8.94. The zero-order valence-corrected chi connectivity index (χ0v) is 20.3. The molecule has 1 saturated carbocycles. The van der Waals surface area contributed by atoms with Gasteiger partial charge in [-0.25, -0.2) is 0 Å². The smallest absolute Gasteiger partial charge is 0.272 e. The lowest BCUT2D eigenvalue weighted by Crippen LogP contribution is -2.59. The zero-order chi connectivity index (χ0) is 24.0. The maximum atomic E-state index is 13.5. The fourth-order valence-corrected chi connectivity index (χ4v) is 4.61. The van der Waals surface area contributed by atoms with E-state index in [2.05, 4.69) is 15.7 Å². The maximum Gasteiger partial charge on any atom is 0.272 e. The highest BCUT2D eigenvalue weighted by atomic mass is 16.5. The molecule has 1 saturated heterocycles. The van der Waals surface area contributed by atoms with E-state index in [0.29, 0.717) is 44.4 Å². The lowest BCUT2D eigenvalue weighted by atomic mass is 9.83. The minimum absolute atomic E-state index is 0.0372. The van der Waals surface area contributed by atoms with Gasteiger partial charge in [-0.1, -0.05) is 19.3 Å². The standard InChI is InChI=1S/C23H38N6O4/c1-5-33-19-15-18(27(4)26-19)22(31)28-11-13-29(14-12-28)23(32)20(17-9-7-6-8-10-17)25-21(30)16(2)24-3/h15-17,20,24H,5-14H2,1-4H3,(H,25,30)/t16?,20-/m0/s1. The van der Waals surface area contributed by atoms with Gasteiger partial charge in [0.1, 0.15) is 11.7 Å². The second kappa shape index (κ2) is 11.5. The van der Waals surface area contributed by atoms with Crippen LogP contribution in [-0.4, -0.2) is 89.2 Å². The van der Waals surface area contributed by atoms with Crippen molar-refractivity contribution in [1.29, 1.82) is 0 Å². The number of piperazine rings is 1. The lowest BCUT2D eigenvalue weighted by Gasteiger charge is -2.39. The number of likely N-dealkylation sites (N-methyl/N-ethyl adjacent to an activating group) is 1. The van der Waals surface area contributed by atoms with E-state index in [1.165, 1.54) is 11.1 Å². The molecular formula is C23H38N6O4. The molecule has 184 valence electrons. The number of nitrogens with one attached hydrogen (secondary N) is 2. The Labute approximate surface area is 196 Å². The van der Waals surface area contributed by atoms with Gasteiger partial charge in [0.05, 0.1) is 12.6 Å². The van der Waals surface area contributed by atoms with Crippen molar-refractivity contribution < 1.29 is 19.1 Å². The van der Waals surface area contributed by atoms with Gasteiger partial charge in [0.25, 0.3) is 5.91 Å². The van der Waals surface area contributed by atoms with Crippen molar-refractivity contribution in [2.45, 2.75) is 58.0 Å². The molecule has 0 radical (unpaired) electrons. The molecule has 1 aromatic heterocycles. The Morgan fingerprint density at radius 2 is 1.76 bits per heavy atom. The summed E-state index contributed by atoms with van der Waals surface area (Å²) < 4.78 is 6.93. The van der Waals surface area contributed by atoms with E-state index in [4.69, 9.17) is 4.74 Å². The Balaban J connectivity index is 1.63. The van der Waals surface area contributed by atoms with Gasteiger partial charge in [-0.05, 0) is 39.7 Å². The number of rotatable bonds is 8. The number of hydrogen-bond donors (Lipinski definition) is 2. The summed E-state index contributed by atoms with van der Waals surface area (Å²) >= 11 is 0. The summed E-state index contributed by atoms with van der Waals surface area (Å²) in [6.45, 7) is 5.92. The van der Waals surface area contributed by atoms with Crippen molar-refractivity contribution >= 4 is 17.7 Å². The van der Waals surface area contributed by atoms with Gasteiger partial charge in [-0.3, -0.25) is 19.1 Å². The molecule has 2 N–H and O–H groups in total. The van der Waals surface area contributed by atoms with E-state index in [9.17, 15) is 14.4 Å². The first-order valence-electron chi connectivity index (χ1n) is 12.1. The second-order valence-corrected chi connectivity index (χ2v) is 8.94. The van der Waals surface area contributed by atoms with E-state index >= 15 is 0 Å². The van der Waals surface area contributed by atoms with E-state index < -0.39 is 6.04 Å². The van der Waals surface area contributed by atoms with Crippen LogP contribution in [0.25, 0.3) is 0 Å².